The highest BCUT2D eigenvalue weighted by molar-refractivity contribution is 6.09. The molecule has 0 heterocycles. The summed E-state index contributed by atoms with van der Waals surface area (Å²) in [6, 6.07) is 5.66. The predicted molar refractivity (Wildman–Crippen MR) is 65.6 cm³/mol. The molecule has 0 atom stereocenters. The molecule has 20 heavy (non-hydrogen) atoms. The van der Waals surface area contributed by atoms with Crippen molar-refractivity contribution < 1.29 is 28.2 Å². The van der Waals surface area contributed by atoms with Crippen LogP contribution in [0.1, 0.15) is 19.3 Å². The van der Waals surface area contributed by atoms with Gasteiger partial charge in [-0.1, -0.05) is 18.6 Å². The first-order valence-electron chi connectivity index (χ1n) is 6.04. The van der Waals surface area contributed by atoms with Gasteiger partial charge in [0.15, 0.2) is 0 Å². The third kappa shape index (κ3) is 2.56. The van der Waals surface area contributed by atoms with Crippen molar-refractivity contribution >= 4 is 17.6 Å². The predicted octanol–water partition coefficient (Wildman–Crippen LogP) is 2.48. The van der Waals surface area contributed by atoms with Crippen molar-refractivity contribution in [3.05, 3.63) is 24.3 Å². The highest BCUT2D eigenvalue weighted by atomic mass is 19.3. The minimum absolute atomic E-state index is 0.0327. The number of carboxylic acid groups (broad SMARTS) is 1. The molecule has 0 bridgehead atoms. The van der Waals surface area contributed by atoms with Gasteiger partial charge in [0, 0.05) is 0 Å². The zero-order valence-electron chi connectivity index (χ0n) is 10.4. The standard InChI is InChI=1S/C13H13F2NO4/c14-12(15)20-9-5-2-1-4-8(9)16-10(17)13(11(18)19)6-3-7-13/h1-2,4-5,12H,3,6-7H2,(H,16,17)(H,18,19). The Kier molecular flexibility index (Phi) is 3.87. The SMILES string of the molecule is O=C(O)C1(C(=O)Nc2ccccc2OC(F)F)CCC1. The number of para-hydroxylation sites is 2. The largest absolute Gasteiger partial charge is 0.480 e. The second kappa shape index (κ2) is 5.44. The van der Waals surface area contributed by atoms with Gasteiger partial charge in [-0.05, 0) is 25.0 Å². The van der Waals surface area contributed by atoms with Crippen molar-refractivity contribution in [3.63, 3.8) is 0 Å². The van der Waals surface area contributed by atoms with E-state index >= 15 is 0 Å². The highest BCUT2D eigenvalue weighted by Crippen LogP contribution is 2.42. The molecule has 0 spiro atoms. The number of alkyl halides is 2. The number of hydrogen-bond acceptors (Lipinski definition) is 3. The third-order valence-electron chi connectivity index (χ3n) is 3.40. The maximum atomic E-state index is 12.2. The Labute approximate surface area is 113 Å². The smallest absolute Gasteiger partial charge is 0.387 e. The van der Waals surface area contributed by atoms with E-state index in [1.807, 2.05) is 0 Å². The van der Waals surface area contributed by atoms with Crippen LogP contribution in [0.2, 0.25) is 0 Å². The van der Waals surface area contributed by atoms with E-state index in [4.69, 9.17) is 5.11 Å². The van der Waals surface area contributed by atoms with Crippen molar-refractivity contribution in [1.29, 1.82) is 0 Å². The topological polar surface area (TPSA) is 75.6 Å². The van der Waals surface area contributed by atoms with Gasteiger partial charge in [-0.25, -0.2) is 0 Å². The number of carboxylic acids is 1. The molecule has 0 radical (unpaired) electrons. The summed E-state index contributed by atoms with van der Waals surface area (Å²) in [6.45, 7) is -3.02. The summed E-state index contributed by atoms with van der Waals surface area (Å²) >= 11 is 0. The molecule has 0 aliphatic heterocycles. The van der Waals surface area contributed by atoms with Crippen LogP contribution in [0, 0.1) is 5.41 Å². The number of carbonyl (C=O) groups is 2. The van der Waals surface area contributed by atoms with Gasteiger partial charge in [-0.2, -0.15) is 8.78 Å². The van der Waals surface area contributed by atoms with Crippen LogP contribution in [0.5, 0.6) is 5.75 Å². The molecule has 7 heteroatoms. The van der Waals surface area contributed by atoms with Gasteiger partial charge in [0.1, 0.15) is 11.2 Å². The Morgan fingerprint density at radius 3 is 2.45 bits per heavy atom. The Bertz CT molecular complexity index is 529. The van der Waals surface area contributed by atoms with Gasteiger partial charge in [0.2, 0.25) is 5.91 Å². The summed E-state index contributed by atoms with van der Waals surface area (Å²) in [5.74, 6) is -2.11. The normalized spacial score (nSPS) is 16.4. The van der Waals surface area contributed by atoms with Crippen LogP contribution in [-0.2, 0) is 9.59 Å². The summed E-state index contributed by atoms with van der Waals surface area (Å²) in [4.78, 5) is 23.2. The van der Waals surface area contributed by atoms with E-state index in [2.05, 4.69) is 10.1 Å². The van der Waals surface area contributed by atoms with E-state index in [-0.39, 0.29) is 24.3 Å². The van der Waals surface area contributed by atoms with Crippen LogP contribution < -0.4 is 10.1 Å². The quantitative estimate of drug-likeness (QED) is 0.815. The molecule has 1 saturated carbocycles. The second-order valence-electron chi connectivity index (χ2n) is 4.57. The van der Waals surface area contributed by atoms with E-state index in [9.17, 15) is 18.4 Å². The molecule has 1 amide bonds. The van der Waals surface area contributed by atoms with E-state index in [1.165, 1.54) is 24.3 Å². The number of rotatable bonds is 5. The van der Waals surface area contributed by atoms with Crippen molar-refractivity contribution in [2.24, 2.45) is 5.41 Å². The van der Waals surface area contributed by atoms with E-state index < -0.39 is 23.9 Å². The lowest BCUT2D eigenvalue weighted by Gasteiger charge is -2.35. The van der Waals surface area contributed by atoms with Crippen LogP contribution in [0.4, 0.5) is 14.5 Å². The molecule has 0 unspecified atom stereocenters. The molecular formula is C13H13F2NO4. The van der Waals surface area contributed by atoms with Crippen LogP contribution in [-0.4, -0.2) is 23.6 Å². The van der Waals surface area contributed by atoms with Crippen molar-refractivity contribution in [2.45, 2.75) is 25.9 Å². The molecule has 1 aromatic rings. The third-order valence-corrected chi connectivity index (χ3v) is 3.40. The van der Waals surface area contributed by atoms with Crippen LogP contribution in [0.3, 0.4) is 0 Å². The molecule has 2 N–H and O–H groups in total. The minimum Gasteiger partial charge on any atom is -0.480 e. The molecular weight excluding hydrogens is 272 g/mol. The highest BCUT2D eigenvalue weighted by Gasteiger charge is 2.51. The first-order valence-corrected chi connectivity index (χ1v) is 6.04. The Balaban J connectivity index is 2.18. The summed E-state index contributed by atoms with van der Waals surface area (Å²) < 4.78 is 28.8. The molecule has 1 aromatic carbocycles. The number of halogens is 2. The fourth-order valence-electron chi connectivity index (χ4n) is 2.08. The van der Waals surface area contributed by atoms with E-state index in [0.29, 0.717) is 6.42 Å². The Hall–Kier alpha value is -2.18. The fraction of sp³-hybridized carbons (Fsp3) is 0.385. The Morgan fingerprint density at radius 2 is 1.95 bits per heavy atom. The lowest BCUT2D eigenvalue weighted by atomic mass is 9.68. The van der Waals surface area contributed by atoms with E-state index in [0.717, 1.165) is 0 Å². The van der Waals surface area contributed by atoms with Gasteiger partial charge < -0.3 is 15.2 Å². The molecule has 0 saturated heterocycles. The summed E-state index contributed by atoms with van der Waals surface area (Å²) in [6.07, 6.45) is 1.13. The average molecular weight is 285 g/mol. The average Bonchev–Trinajstić information content (AvgIpc) is 2.28. The molecule has 5 nitrogen and oxygen atoms in total. The van der Waals surface area contributed by atoms with Gasteiger partial charge in [0.25, 0.3) is 0 Å². The summed E-state index contributed by atoms with van der Waals surface area (Å²) in [7, 11) is 0. The van der Waals surface area contributed by atoms with Gasteiger partial charge in [0.05, 0.1) is 5.69 Å². The number of hydrogen-bond donors (Lipinski definition) is 2. The van der Waals surface area contributed by atoms with Gasteiger partial charge >= 0.3 is 12.6 Å². The maximum Gasteiger partial charge on any atom is 0.387 e. The first-order chi connectivity index (χ1) is 9.45. The second-order valence-corrected chi connectivity index (χ2v) is 4.57. The zero-order chi connectivity index (χ0) is 14.8. The van der Waals surface area contributed by atoms with Crippen molar-refractivity contribution in [1.82, 2.24) is 0 Å². The summed E-state index contributed by atoms with van der Waals surface area (Å²) in [5.41, 5.74) is -1.43. The van der Waals surface area contributed by atoms with E-state index in [1.54, 1.807) is 0 Å². The van der Waals surface area contributed by atoms with Crippen LogP contribution >= 0.6 is 0 Å². The molecule has 108 valence electrons. The summed E-state index contributed by atoms with van der Waals surface area (Å²) in [5, 5.41) is 11.5. The number of anilines is 1. The number of ether oxygens (including phenoxy) is 1. The number of amides is 1. The van der Waals surface area contributed by atoms with Crippen LogP contribution in [0.25, 0.3) is 0 Å². The minimum atomic E-state index is -3.02. The number of benzene rings is 1. The van der Waals surface area contributed by atoms with Crippen molar-refractivity contribution in [3.8, 4) is 5.75 Å². The van der Waals surface area contributed by atoms with Crippen LogP contribution in [0.15, 0.2) is 24.3 Å². The number of carbonyl (C=O) groups excluding carboxylic acids is 1. The maximum absolute atomic E-state index is 12.2. The fourth-order valence-corrected chi connectivity index (χ4v) is 2.08. The molecule has 1 aliphatic carbocycles. The molecule has 1 fully saturated rings. The van der Waals surface area contributed by atoms with Crippen molar-refractivity contribution in [2.75, 3.05) is 5.32 Å². The van der Waals surface area contributed by atoms with Gasteiger partial charge in [-0.3, -0.25) is 9.59 Å². The lowest BCUT2D eigenvalue weighted by molar-refractivity contribution is -0.159. The monoisotopic (exact) mass is 285 g/mol. The number of nitrogens with one attached hydrogen (secondary N) is 1. The molecule has 2 rings (SSSR count). The lowest BCUT2D eigenvalue weighted by Crippen LogP contribution is -2.48. The zero-order valence-corrected chi connectivity index (χ0v) is 10.4. The molecule has 0 aromatic heterocycles. The number of aliphatic carboxylic acids is 1. The first kappa shape index (κ1) is 14.2. The molecule has 1 aliphatic rings. The Morgan fingerprint density at radius 1 is 1.30 bits per heavy atom. The van der Waals surface area contributed by atoms with Gasteiger partial charge in [-0.15, -0.1) is 0 Å².